The summed E-state index contributed by atoms with van der Waals surface area (Å²) in [5, 5.41) is 9.49. The first-order valence-electron chi connectivity index (χ1n) is 13.0. The van der Waals surface area contributed by atoms with Gasteiger partial charge in [0.2, 0.25) is 0 Å². The molecule has 0 aliphatic rings. The molecule has 0 aliphatic heterocycles. The number of esters is 1. The van der Waals surface area contributed by atoms with Crippen molar-refractivity contribution >= 4 is 11.9 Å². The van der Waals surface area contributed by atoms with Crippen LogP contribution in [0.5, 0.6) is 0 Å². The lowest BCUT2D eigenvalue weighted by Gasteiger charge is -2.12. The minimum Gasteiger partial charge on any atom is -0.478 e. The molecule has 34 heavy (non-hydrogen) atoms. The zero-order valence-electron chi connectivity index (χ0n) is 21.1. The van der Waals surface area contributed by atoms with Gasteiger partial charge in [-0.2, -0.15) is 0 Å². The summed E-state index contributed by atoms with van der Waals surface area (Å²) in [7, 11) is 0. The Labute approximate surface area is 206 Å². The van der Waals surface area contributed by atoms with E-state index in [-0.39, 0.29) is 11.1 Å². The van der Waals surface area contributed by atoms with E-state index in [0.29, 0.717) is 13.0 Å². The highest BCUT2D eigenvalue weighted by molar-refractivity contribution is 6.03. The number of aryl methyl sites for hydroxylation is 1. The van der Waals surface area contributed by atoms with Gasteiger partial charge >= 0.3 is 11.9 Å². The van der Waals surface area contributed by atoms with Crippen LogP contribution in [0.4, 0.5) is 0 Å². The number of hydrogen-bond donors (Lipinski definition) is 1. The summed E-state index contributed by atoms with van der Waals surface area (Å²) in [5.41, 5.74) is 1.09. The van der Waals surface area contributed by atoms with Gasteiger partial charge in [-0.1, -0.05) is 96.3 Å². The van der Waals surface area contributed by atoms with Crippen molar-refractivity contribution in [1.82, 2.24) is 4.98 Å². The van der Waals surface area contributed by atoms with E-state index in [4.69, 9.17) is 4.74 Å². The molecular weight excluding hydrogens is 426 g/mol. The van der Waals surface area contributed by atoms with E-state index in [9.17, 15) is 14.7 Å². The number of carboxylic acid groups (broad SMARTS) is 1. The molecule has 0 fully saturated rings. The molecule has 0 saturated heterocycles. The number of hydrogen-bond acceptors (Lipinski definition) is 4. The number of unbranched alkanes of at least 4 members (excludes halogenated alkanes) is 10. The van der Waals surface area contributed by atoms with Crippen molar-refractivity contribution in [3.05, 3.63) is 65.5 Å². The second-order valence-corrected chi connectivity index (χ2v) is 8.59. The largest absolute Gasteiger partial charge is 0.478 e. The maximum atomic E-state index is 12.6. The fourth-order valence-corrected chi connectivity index (χ4v) is 3.76. The number of carbonyl (C=O) groups is 2. The molecule has 188 valence electrons. The zero-order chi connectivity index (χ0) is 24.9. The molecule has 1 N–H and O–H groups in total. The second-order valence-electron chi connectivity index (χ2n) is 8.59. The van der Waals surface area contributed by atoms with Crippen LogP contribution in [-0.2, 0) is 11.2 Å². The minimum atomic E-state index is -1.07. The number of benzene rings is 1. The standard InChI is InChI=1S/C24H38O4.C5H5N/c1-3-5-7-9-11-13-16-20-17-15-18-21(23(25)26)22(20)24(27)28-19-14-12-10-8-6-4-2;1-2-4-6-5-3-1/h15,17-18H,3-14,16,19H2,1-2H3,(H,25,26);1-5H. The second kappa shape index (κ2) is 19.7. The van der Waals surface area contributed by atoms with Crippen molar-refractivity contribution < 1.29 is 19.4 Å². The summed E-state index contributed by atoms with van der Waals surface area (Å²) in [5.74, 6) is -1.57. The maximum absolute atomic E-state index is 12.6. The van der Waals surface area contributed by atoms with Gasteiger partial charge in [0, 0.05) is 12.4 Å². The first-order chi connectivity index (χ1) is 16.6. The molecule has 0 bridgehead atoms. The number of ether oxygens (including phenoxy) is 1. The third kappa shape index (κ3) is 13.1. The first-order valence-corrected chi connectivity index (χ1v) is 13.0. The molecule has 5 nitrogen and oxygen atoms in total. The van der Waals surface area contributed by atoms with Gasteiger partial charge in [-0.15, -0.1) is 0 Å². The summed E-state index contributed by atoms with van der Waals surface area (Å²) >= 11 is 0. The Hall–Kier alpha value is -2.69. The fourth-order valence-electron chi connectivity index (χ4n) is 3.76. The van der Waals surface area contributed by atoms with Crippen molar-refractivity contribution in [2.75, 3.05) is 6.61 Å². The average molecular weight is 470 g/mol. The van der Waals surface area contributed by atoms with Gasteiger partial charge in [0.1, 0.15) is 0 Å². The van der Waals surface area contributed by atoms with Crippen LogP contribution in [0.2, 0.25) is 0 Å². The van der Waals surface area contributed by atoms with Crippen molar-refractivity contribution in [3.63, 3.8) is 0 Å². The topological polar surface area (TPSA) is 76.5 Å². The van der Waals surface area contributed by atoms with Gasteiger partial charge in [0.15, 0.2) is 0 Å². The number of carbonyl (C=O) groups excluding carboxylic acids is 1. The Bertz CT molecular complexity index is 765. The number of nitrogens with zero attached hydrogens (tertiary/aromatic N) is 1. The highest BCUT2D eigenvalue weighted by atomic mass is 16.5. The molecule has 0 spiro atoms. The molecule has 0 unspecified atom stereocenters. The molecule has 0 atom stereocenters. The van der Waals surface area contributed by atoms with Gasteiger partial charge < -0.3 is 9.84 Å². The van der Waals surface area contributed by atoms with Crippen LogP contribution in [0.1, 0.15) is 117 Å². The lowest BCUT2D eigenvalue weighted by atomic mass is 9.96. The lowest BCUT2D eigenvalue weighted by Crippen LogP contribution is -2.15. The van der Waals surface area contributed by atoms with E-state index in [0.717, 1.165) is 37.7 Å². The van der Waals surface area contributed by atoms with Gasteiger partial charge in [-0.25, -0.2) is 9.59 Å². The molecule has 2 rings (SSSR count). The predicted octanol–water partition coefficient (Wildman–Crippen LogP) is 7.89. The first kappa shape index (κ1) is 29.3. The molecule has 0 amide bonds. The third-order valence-corrected chi connectivity index (χ3v) is 5.68. The SMILES string of the molecule is CCCCCCCCOC(=O)c1c(CCCCCCCC)cccc1C(=O)O.c1ccncc1. The Morgan fingerprint density at radius 3 is 1.88 bits per heavy atom. The minimum absolute atomic E-state index is 0.0522. The molecule has 5 heteroatoms. The van der Waals surface area contributed by atoms with E-state index < -0.39 is 11.9 Å². The normalized spacial score (nSPS) is 10.3. The average Bonchev–Trinajstić information content (AvgIpc) is 2.86. The van der Waals surface area contributed by atoms with Gasteiger partial charge in [-0.3, -0.25) is 4.98 Å². The summed E-state index contributed by atoms with van der Waals surface area (Å²) in [4.78, 5) is 28.0. The summed E-state index contributed by atoms with van der Waals surface area (Å²) < 4.78 is 5.42. The van der Waals surface area contributed by atoms with E-state index in [2.05, 4.69) is 18.8 Å². The molecular formula is C29H43NO4. The van der Waals surface area contributed by atoms with Crippen molar-refractivity contribution in [1.29, 1.82) is 0 Å². The van der Waals surface area contributed by atoms with Crippen LogP contribution in [0.15, 0.2) is 48.8 Å². The third-order valence-electron chi connectivity index (χ3n) is 5.68. The van der Waals surface area contributed by atoms with Crippen LogP contribution in [0, 0.1) is 0 Å². The van der Waals surface area contributed by atoms with Crippen LogP contribution >= 0.6 is 0 Å². The van der Waals surface area contributed by atoms with Gasteiger partial charge in [0.05, 0.1) is 17.7 Å². The highest BCUT2D eigenvalue weighted by Crippen LogP contribution is 2.20. The number of carboxylic acids is 1. The lowest BCUT2D eigenvalue weighted by molar-refractivity contribution is 0.0486. The van der Waals surface area contributed by atoms with E-state index >= 15 is 0 Å². The van der Waals surface area contributed by atoms with Crippen LogP contribution in [-0.4, -0.2) is 28.6 Å². The zero-order valence-corrected chi connectivity index (χ0v) is 21.1. The van der Waals surface area contributed by atoms with Crippen LogP contribution in [0.3, 0.4) is 0 Å². The molecule has 0 saturated carbocycles. The molecule has 0 aliphatic carbocycles. The number of aromatic carboxylic acids is 1. The summed E-state index contributed by atoms with van der Waals surface area (Å²) in [6, 6.07) is 10.8. The Morgan fingerprint density at radius 1 is 0.765 bits per heavy atom. The smallest absolute Gasteiger partial charge is 0.339 e. The highest BCUT2D eigenvalue weighted by Gasteiger charge is 2.21. The van der Waals surface area contributed by atoms with Crippen molar-refractivity contribution in [2.45, 2.75) is 97.3 Å². The quantitative estimate of drug-likeness (QED) is 0.200. The van der Waals surface area contributed by atoms with Crippen LogP contribution < -0.4 is 0 Å². The predicted molar refractivity (Wildman–Crippen MR) is 138 cm³/mol. The Balaban J connectivity index is 0.000000830. The van der Waals surface area contributed by atoms with Gasteiger partial charge in [0.25, 0.3) is 0 Å². The van der Waals surface area contributed by atoms with E-state index in [1.54, 1.807) is 18.5 Å². The monoisotopic (exact) mass is 469 g/mol. The van der Waals surface area contributed by atoms with Crippen molar-refractivity contribution in [2.24, 2.45) is 0 Å². The Kier molecular flexibility index (Phi) is 17.0. The number of pyridine rings is 1. The Morgan fingerprint density at radius 2 is 1.35 bits per heavy atom. The molecule has 1 aromatic carbocycles. The summed E-state index contributed by atoms with van der Waals surface area (Å²) in [6.07, 6.45) is 17.9. The number of rotatable bonds is 16. The molecule has 1 aromatic heterocycles. The number of aromatic nitrogens is 1. The van der Waals surface area contributed by atoms with Crippen molar-refractivity contribution in [3.8, 4) is 0 Å². The van der Waals surface area contributed by atoms with E-state index in [1.165, 1.54) is 51.0 Å². The molecule has 1 heterocycles. The fraction of sp³-hybridized carbons (Fsp3) is 0.552. The maximum Gasteiger partial charge on any atom is 0.339 e. The van der Waals surface area contributed by atoms with Gasteiger partial charge in [-0.05, 0) is 43.0 Å². The van der Waals surface area contributed by atoms with E-state index in [1.807, 2.05) is 24.3 Å². The molecule has 0 radical (unpaired) electrons. The molecule has 2 aromatic rings. The summed E-state index contributed by atoms with van der Waals surface area (Å²) in [6.45, 7) is 4.74. The van der Waals surface area contributed by atoms with Crippen LogP contribution in [0.25, 0.3) is 0 Å².